The van der Waals surface area contributed by atoms with Crippen molar-refractivity contribution in [3.05, 3.63) is 65.0 Å². The summed E-state index contributed by atoms with van der Waals surface area (Å²) in [6.07, 6.45) is 1.37. The van der Waals surface area contributed by atoms with E-state index in [2.05, 4.69) is 4.98 Å². The molecule has 29 heavy (non-hydrogen) atoms. The molecule has 0 aliphatic rings. The molecule has 8 heteroatoms. The third-order valence-electron chi connectivity index (χ3n) is 4.58. The van der Waals surface area contributed by atoms with E-state index < -0.39 is 23.4 Å². The van der Waals surface area contributed by atoms with Crippen molar-refractivity contribution in [2.24, 2.45) is 0 Å². The van der Waals surface area contributed by atoms with Crippen LogP contribution in [0.3, 0.4) is 0 Å². The maximum atomic E-state index is 13.7. The Bertz CT molecular complexity index is 1020. The Labute approximate surface area is 165 Å². The standard InChI is InChI=1S/C21H21F4N3O/c1-3-7-27(21(29)13-9-15(23)20(25)16(24)10-13)12-19-26-17-6-5-14(22)11-18(17)28(19)8-4-2/h5-6,9-11H,3-4,7-8,12H2,1-2H3. The van der Waals surface area contributed by atoms with Crippen molar-refractivity contribution >= 4 is 16.9 Å². The molecule has 4 nitrogen and oxygen atoms in total. The number of imidazole rings is 1. The average Bonchev–Trinajstić information content (AvgIpc) is 3.01. The van der Waals surface area contributed by atoms with Crippen molar-refractivity contribution in [2.75, 3.05) is 6.54 Å². The van der Waals surface area contributed by atoms with Gasteiger partial charge in [-0.15, -0.1) is 0 Å². The normalized spacial score (nSPS) is 11.2. The first kappa shape index (κ1) is 20.8. The average molecular weight is 407 g/mol. The van der Waals surface area contributed by atoms with Crippen LogP contribution in [0.4, 0.5) is 17.6 Å². The number of rotatable bonds is 7. The van der Waals surface area contributed by atoms with Crippen LogP contribution in [0.2, 0.25) is 0 Å². The van der Waals surface area contributed by atoms with Crippen molar-refractivity contribution in [2.45, 2.75) is 39.8 Å². The summed E-state index contributed by atoms with van der Waals surface area (Å²) in [5.41, 5.74) is 0.932. The maximum absolute atomic E-state index is 13.7. The van der Waals surface area contributed by atoms with Gasteiger partial charge in [0.1, 0.15) is 11.6 Å². The number of carbonyl (C=O) groups excluding carboxylic acids is 1. The van der Waals surface area contributed by atoms with Crippen LogP contribution < -0.4 is 0 Å². The molecular weight excluding hydrogens is 386 g/mol. The van der Waals surface area contributed by atoms with E-state index in [1.807, 2.05) is 18.4 Å². The number of carbonyl (C=O) groups is 1. The molecule has 0 aliphatic heterocycles. The SMILES string of the molecule is CCCN(Cc1nc2ccc(F)cc2n1CCC)C(=O)c1cc(F)c(F)c(F)c1. The molecule has 0 unspecified atom stereocenters. The Morgan fingerprint density at radius 3 is 2.34 bits per heavy atom. The highest BCUT2D eigenvalue weighted by Crippen LogP contribution is 2.21. The minimum atomic E-state index is -1.62. The Hall–Kier alpha value is -2.90. The number of aromatic nitrogens is 2. The van der Waals surface area contributed by atoms with Gasteiger partial charge in [-0.1, -0.05) is 13.8 Å². The van der Waals surface area contributed by atoms with E-state index in [9.17, 15) is 22.4 Å². The van der Waals surface area contributed by atoms with E-state index in [0.717, 1.165) is 6.42 Å². The highest BCUT2D eigenvalue weighted by atomic mass is 19.2. The molecule has 0 radical (unpaired) electrons. The van der Waals surface area contributed by atoms with Gasteiger partial charge in [-0.2, -0.15) is 0 Å². The lowest BCUT2D eigenvalue weighted by Gasteiger charge is -2.22. The summed E-state index contributed by atoms with van der Waals surface area (Å²) in [7, 11) is 0. The molecule has 0 atom stereocenters. The lowest BCUT2D eigenvalue weighted by Crippen LogP contribution is -2.32. The van der Waals surface area contributed by atoms with E-state index in [0.29, 0.717) is 48.5 Å². The molecule has 154 valence electrons. The number of hydrogen-bond acceptors (Lipinski definition) is 2. The molecule has 0 fully saturated rings. The topological polar surface area (TPSA) is 38.1 Å². The molecule has 0 saturated heterocycles. The van der Waals surface area contributed by atoms with Crippen LogP contribution in [0.15, 0.2) is 30.3 Å². The fourth-order valence-electron chi connectivity index (χ4n) is 3.29. The smallest absolute Gasteiger partial charge is 0.254 e. The van der Waals surface area contributed by atoms with Crippen LogP contribution in [0.5, 0.6) is 0 Å². The number of hydrogen-bond donors (Lipinski definition) is 0. The van der Waals surface area contributed by atoms with Gasteiger partial charge in [-0.05, 0) is 43.2 Å². The van der Waals surface area contributed by atoms with Crippen molar-refractivity contribution in [3.63, 3.8) is 0 Å². The van der Waals surface area contributed by atoms with E-state index >= 15 is 0 Å². The first-order valence-electron chi connectivity index (χ1n) is 9.44. The summed E-state index contributed by atoms with van der Waals surface area (Å²) < 4.78 is 55.9. The van der Waals surface area contributed by atoms with Crippen LogP contribution >= 0.6 is 0 Å². The molecule has 0 N–H and O–H groups in total. The summed E-state index contributed by atoms with van der Waals surface area (Å²) >= 11 is 0. The third kappa shape index (κ3) is 4.26. The Morgan fingerprint density at radius 1 is 1.03 bits per heavy atom. The zero-order valence-electron chi connectivity index (χ0n) is 16.2. The third-order valence-corrected chi connectivity index (χ3v) is 4.58. The zero-order chi connectivity index (χ0) is 21.1. The summed E-state index contributed by atoms with van der Waals surface area (Å²) in [5.74, 6) is -4.93. The van der Waals surface area contributed by atoms with Gasteiger partial charge in [0.05, 0.1) is 17.6 Å². The zero-order valence-corrected chi connectivity index (χ0v) is 16.2. The summed E-state index contributed by atoms with van der Waals surface area (Å²) in [6, 6.07) is 5.64. The van der Waals surface area contributed by atoms with E-state index in [1.165, 1.54) is 17.0 Å². The van der Waals surface area contributed by atoms with Crippen LogP contribution in [0.25, 0.3) is 11.0 Å². The van der Waals surface area contributed by atoms with Crippen molar-refractivity contribution in [3.8, 4) is 0 Å². The first-order valence-corrected chi connectivity index (χ1v) is 9.44. The van der Waals surface area contributed by atoms with Crippen LogP contribution in [-0.2, 0) is 13.1 Å². The number of aryl methyl sites for hydroxylation is 1. The Kier molecular flexibility index (Phi) is 6.20. The second-order valence-corrected chi connectivity index (χ2v) is 6.79. The maximum Gasteiger partial charge on any atom is 0.254 e. The number of nitrogens with zero attached hydrogens (tertiary/aromatic N) is 3. The largest absolute Gasteiger partial charge is 0.331 e. The summed E-state index contributed by atoms with van der Waals surface area (Å²) in [6.45, 7) is 4.78. The van der Waals surface area contributed by atoms with Gasteiger partial charge in [0.2, 0.25) is 0 Å². The first-order chi connectivity index (χ1) is 13.8. The number of benzene rings is 2. The molecular formula is C21H21F4N3O. The van der Waals surface area contributed by atoms with E-state index in [4.69, 9.17) is 0 Å². The van der Waals surface area contributed by atoms with E-state index in [1.54, 1.807) is 6.07 Å². The molecule has 0 spiro atoms. The van der Waals surface area contributed by atoms with Gasteiger partial charge in [0, 0.05) is 18.7 Å². The van der Waals surface area contributed by atoms with E-state index in [-0.39, 0.29) is 17.9 Å². The van der Waals surface area contributed by atoms with Gasteiger partial charge in [0.15, 0.2) is 17.5 Å². The lowest BCUT2D eigenvalue weighted by molar-refractivity contribution is 0.0736. The van der Waals surface area contributed by atoms with Gasteiger partial charge in [0.25, 0.3) is 5.91 Å². The fraction of sp³-hybridized carbons (Fsp3) is 0.333. The summed E-state index contributed by atoms with van der Waals surface area (Å²) in [4.78, 5) is 18.8. The monoisotopic (exact) mass is 407 g/mol. The van der Waals surface area contributed by atoms with Crippen LogP contribution in [0.1, 0.15) is 42.9 Å². The number of halogens is 4. The minimum Gasteiger partial charge on any atom is -0.331 e. The second-order valence-electron chi connectivity index (χ2n) is 6.79. The molecule has 0 bridgehead atoms. The predicted octanol–water partition coefficient (Wildman–Crippen LogP) is 5.06. The predicted molar refractivity (Wildman–Crippen MR) is 101 cm³/mol. The van der Waals surface area contributed by atoms with Gasteiger partial charge < -0.3 is 9.47 Å². The Balaban J connectivity index is 1.98. The molecule has 0 saturated carbocycles. The Morgan fingerprint density at radius 2 is 1.72 bits per heavy atom. The van der Waals surface area contributed by atoms with Gasteiger partial charge in [-0.3, -0.25) is 4.79 Å². The van der Waals surface area contributed by atoms with Crippen LogP contribution in [-0.4, -0.2) is 26.9 Å². The molecule has 0 aliphatic carbocycles. The molecule has 1 aromatic heterocycles. The van der Waals surface area contributed by atoms with Crippen molar-refractivity contribution < 1.29 is 22.4 Å². The van der Waals surface area contributed by atoms with Gasteiger partial charge in [-0.25, -0.2) is 22.5 Å². The highest BCUT2D eigenvalue weighted by Gasteiger charge is 2.22. The summed E-state index contributed by atoms with van der Waals surface area (Å²) in [5, 5.41) is 0. The molecule has 3 aromatic rings. The second kappa shape index (κ2) is 8.63. The molecule has 1 amide bonds. The number of fused-ring (bicyclic) bond motifs is 1. The minimum absolute atomic E-state index is 0.0730. The molecule has 3 rings (SSSR count). The molecule has 2 aromatic carbocycles. The van der Waals surface area contributed by atoms with Crippen LogP contribution in [0, 0.1) is 23.3 Å². The quantitative estimate of drug-likeness (QED) is 0.406. The van der Waals surface area contributed by atoms with Crippen molar-refractivity contribution in [1.82, 2.24) is 14.5 Å². The van der Waals surface area contributed by atoms with Gasteiger partial charge >= 0.3 is 0 Å². The fourth-order valence-corrected chi connectivity index (χ4v) is 3.29. The molecule has 1 heterocycles. The highest BCUT2D eigenvalue weighted by molar-refractivity contribution is 5.94. The van der Waals surface area contributed by atoms with Crippen molar-refractivity contribution in [1.29, 1.82) is 0 Å². The number of amides is 1. The lowest BCUT2D eigenvalue weighted by atomic mass is 10.1.